The second-order valence-corrected chi connectivity index (χ2v) is 12.4. The van der Waals surface area contributed by atoms with Gasteiger partial charge < -0.3 is 45.2 Å². The minimum absolute atomic E-state index is 0.00655. The van der Waals surface area contributed by atoms with Gasteiger partial charge in [-0.25, -0.2) is 4.79 Å². The van der Waals surface area contributed by atoms with Crippen molar-refractivity contribution in [1.29, 1.82) is 0 Å². The lowest BCUT2D eigenvalue weighted by molar-refractivity contribution is 0.0664. The van der Waals surface area contributed by atoms with Gasteiger partial charge in [0.05, 0.1) is 44.6 Å². The van der Waals surface area contributed by atoms with E-state index in [1.165, 1.54) is 0 Å². The smallest absolute Gasteiger partial charge is 0.323 e. The summed E-state index contributed by atoms with van der Waals surface area (Å²) in [4.78, 5) is 48.1. The van der Waals surface area contributed by atoms with Gasteiger partial charge >= 0.3 is 6.03 Å². The SMILES string of the molecule is CC1COCCN1c1nc(-c2ccc(NC(=O)Nc3ccc(C(=O)N4CCN(C)CC4)cc3)cc2)nc(N2C(CO)CCC2CO)n1. The van der Waals surface area contributed by atoms with Crippen LogP contribution in [0.4, 0.5) is 28.1 Å². The van der Waals surface area contributed by atoms with Crippen molar-refractivity contribution >= 4 is 35.2 Å². The number of aliphatic hydroxyl groups is 2. The third-order valence-electron chi connectivity index (χ3n) is 9.09. The number of urea groups is 1. The Balaban J connectivity index is 1.15. The Hall–Kier alpha value is -4.37. The molecule has 2 aromatic carbocycles. The highest BCUT2D eigenvalue weighted by Gasteiger charge is 2.36. The topological polar surface area (TPSA) is 160 Å². The number of amides is 3. The first-order chi connectivity index (χ1) is 22.8. The number of piperazine rings is 1. The molecule has 3 aliphatic rings. The summed E-state index contributed by atoms with van der Waals surface area (Å²) in [7, 11) is 2.05. The molecule has 4 heterocycles. The number of likely N-dealkylation sites (N-methyl/N-ethyl adjacent to an activating group) is 1. The number of hydrogen-bond donors (Lipinski definition) is 4. The molecule has 4 N–H and O–H groups in total. The number of benzene rings is 2. The van der Waals surface area contributed by atoms with Crippen molar-refractivity contribution in [2.45, 2.75) is 37.9 Å². The van der Waals surface area contributed by atoms with E-state index in [-0.39, 0.29) is 37.2 Å². The molecule has 3 amide bonds. The maximum absolute atomic E-state index is 12.8. The van der Waals surface area contributed by atoms with Gasteiger partial charge in [0.2, 0.25) is 11.9 Å². The summed E-state index contributed by atoms with van der Waals surface area (Å²) in [6, 6.07) is 13.4. The highest BCUT2D eigenvalue weighted by molar-refractivity contribution is 6.00. The highest BCUT2D eigenvalue weighted by atomic mass is 16.5. The maximum Gasteiger partial charge on any atom is 0.323 e. The molecule has 250 valence electrons. The van der Waals surface area contributed by atoms with Gasteiger partial charge in [-0.2, -0.15) is 15.0 Å². The Kier molecular flexibility index (Phi) is 10.1. The zero-order valence-corrected chi connectivity index (χ0v) is 26.9. The summed E-state index contributed by atoms with van der Waals surface area (Å²) < 4.78 is 5.62. The van der Waals surface area contributed by atoms with E-state index in [2.05, 4.69) is 27.4 Å². The van der Waals surface area contributed by atoms with E-state index in [0.717, 1.165) is 31.5 Å². The molecule has 0 aliphatic carbocycles. The van der Waals surface area contributed by atoms with Crippen LogP contribution in [-0.2, 0) is 4.74 Å². The molecule has 0 saturated carbocycles. The van der Waals surface area contributed by atoms with E-state index >= 15 is 0 Å². The molecular formula is C33H43N9O5. The second kappa shape index (κ2) is 14.6. The third-order valence-corrected chi connectivity index (χ3v) is 9.09. The van der Waals surface area contributed by atoms with E-state index in [9.17, 15) is 19.8 Å². The molecule has 3 aliphatic heterocycles. The number of nitrogens with zero attached hydrogens (tertiary/aromatic N) is 7. The van der Waals surface area contributed by atoms with Gasteiger partial charge in [0, 0.05) is 55.2 Å². The minimum Gasteiger partial charge on any atom is -0.394 e. The number of aromatic nitrogens is 3. The summed E-state index contributed by atoms with van der Waals surface area (Å²) in [6.07, 6.45) is 1.46. The summed E-state index contributed by atoms with van der Waals surface area (Å²) in [6.45, 7) is 6.77. The highest BCUT2D eigenvalue weighted by Crippen LogP contribution is 2.31. The number of anilines is 4. The van der Waals surface area contributed by atoms with Gasteiger partial charge in [-0.1, -0.05) is 0 Å². The Morgan fingerprint density at radius 3 is 2.02 bits per heavy atom. The monoisotopic (exact) mass is 645 g/mol. The van der Waals surface area contributed by atoms with E-state index < -0.39 is 6.03 Å². The molecule has 14 heteroatoms. The fraction of sp³-hybridized carbons (Fsp3) is 0.485. The Morgan fingerprint density at radius 1 is 0.830 bits per heavy atom. The van der Waals surface area contributed by atoms with Crippen LogP contribution in [0.1, 0.15) is 30.1 Å². The van der Waals surface area contributed by atoms with Crippen molar-refractivity contribution in [3.8, 4) is 11.4 Å². The van der Waals surface area contributed by atoms with Crippen molar-refractivity contribution in [1.82, 2.24) is 24.8 Å². The largest absolute Gasteiger partial charge is 0.394 e. The number of aliphatic hydroxyl groups excluding tert-OH is 2. The van der Waals surface area contributed by atoms with Crippen molar-refractivity contribution < 1.29 is 24.5 Å². The predicted octanol–water partition coefficient (Wildman–Crippen LogP) is 2.12. The summed E-state index contributed by atoms with van der Waals surface area (Å²) in [5.41, 5.74) is 2.46. The summed E-state index contributed by atoms with van der Waals surface area (Å²) in [5, 5.41) is 25.8. The third kappa shape index (κ3) is 7.46. The number of ether oxygens (including phenoxy) is 1. The molecule has 3 unspecified atom stereocenters. The number of nitrogens with one attached hydrogen (secondary N) is 2. The molecule has 3 saturated heterocycles. The summed E-state index contributed by atoms with van der Waals surface area (Å²) in [5.74, 6) is 1.37. The number of hydrogen-bond acceptors (Lipinski definition) is 11. The molecule has 0 bridgehead atoms. The average Bonchev–Trinajstić information content (AvgIpc) is 3.52. The molecule has 47 heavy (non-hydrogen) atoms. The molecule has 1 aromatic heterocycles. The normalized spacial score (nSPS) is 22.0. The predicted molar refractivity (Wildman–Crippen MR) is 179 cm³/mol. The average molecular weight is 646 g/mol. The summed E-state index contributed by atoms with van der Waals surface area (Å²) >= 11 is 0. The van der Waals surface area contributed by atoms with Gasteiger partial charge in [0.25, 0.3) is 5.91 Å². The van der Waals surface area contributed by atoms with E-state index in [1.54, 1.807) is 36.4 Å². The molecule has 0 spiro atoms. The van der Waals surface area contributed by atoms with Gasteiger partial charge in [-0.3, -0.25) is 4.79 Å². The van der Waals surface area contributed by atoms with Crippen molar-refractivity contribution in [2.75, 3.05) is 86.6 Å². The zero-order valence-electron chi connectivity index (χ0n) is 26.9. The molecule has 6 rings (SSSR count). The number of carbonyl (C=O) groups is 2. The van der Waals surface area contributed by atoms with Crippen LogP contribution in [0, 0.1) is 0 Å². The van der Waals surface area contributed by atoms with E-state index in [4.69, 9.17) is 19.7 Å². The molecule has 3 fully saturated rings. The first-order valence-corrected chi connectivity index (χ1v) is 16.2. The lowest BCUT2D eigenvalue weighted by Gasteiger charge is -2.34. The first-order valence-electron chi connectivity index (χ1n) is 16.2. The van der Waals surface area contributed by atoms with Crippen LogP contribution in [0.25, 0.3) is 11.4 Å². The molecule has 3 aromatic rings. The maximum atomic E-state index is 12.8. The van der Waals surface area contributed by atoms with Gasteiger partial charge in [-0.05, 0) is 75.3 Å². The van der Waals surface area contributed by atoms with Crippen LogP contribution in [-0.4, -0.2) is 131 Å². The van der Waals surface area contributed by atoms with E-state index in [0.29, 0.717) is 67.5 Å². The molecule has 14 nitrogen and oxygen atoms in total. The minimum atomic E-state index is -0.416. The van der Waals surface area contributed by atoms with Crippen LogP contribution >= 0.6 is 0 Å². The first kappa shape index (κ1) is 32.6. The lowest BCUT2D eigenvalue weighted by Crippen LogP contribution is -2.47. The standard InChI is InChI=1S/C33H43N9O5/c1-22-21-47-18-17-41(22)31-36-29(37-32(38-31)42-27(19-43)11-12-28(42)20-44)23-3-7-25(8-4-23)34-33(46)35-26-9-5-24(6-10-26)30(45)40-15-13-39(2)14-16-40/h3-10,22,27-28,43-44H,11-21H2,1-2H3,(H2,34,35,46). The number of rotatable bonds is 8. The number of morpholine rings is 1. The van der Waals surface area contributed by atoms with Crippen molar-refractivity contribution in [3.63, 3.8) is 0 Å². The van der Waals surface area contributed by atoms with Crippen LogP contribution in [0.2, 0.25) is 0 Å². The Labute approximate surface area is 274 Å². The van der Waals surface area contributed by atoms with Gasteiger partial charge in [0.15, 0.2) is 5.82 Å². The van der Waals surface area contributed by atoms with E-state index in [1.807, 2.05) is 29.0 Å². The Bertz CT molecular complexity index is 1520. The lowest BCUT2D eigenvalue weighted by atomic mass is 10.1. The molecule has 0 radical (unpaired) electrons. The Morgan fingerprint density at radius 2 is 1.43 bits per heavy atom. The quantitative estimate of drug-likeness (QED) is 0.284. The fourth-order valence-corrected chi connectivity index (χ4v) is 6.28. The second-order valence-electron chi connectivity index (χ2n) is 12.4. The zero-order chi connectivity index (χ0) is 32.9. The number of carbonyl (C=O) groups excluding carboxylic acids is 2. The molecule has 3 atom stereocenters. The molecular weight excluding hydrogens is 602 g/mol. The van der Waals surface area contributed by atoms with Crippen molar-refractivity contribution in [2.24, 2.45) is 0 Å². The van der Waals surface area contributed by atoms with Crippen LogP contribution in [0.15, 0.2) is 48.5 Å². The van der Waals surface area contributed by atoms with Crippen LogP contribution in [0.5, 0.6) is 0 Å². The van der Waals surface area contributed by atoms with Crippen LogP contribution < -0.4 is 20.4 Å². The van der Waals surface area contributed by atoms with Crippen molar-refractivity contribution in [3.05, 3.63) is 54.1 Å². The van der Waals surface area contributed by atoms with Gasteiger partial charge in [-0.15, -0.1) is 0 Å². The van der Waals surface area contributed by atoms with Crippen LogP contribution in [0.3, 0.4) is 0 Å². The van der Waals surface area contributed by atoms with Gasteiger partial charge in [0.1, 0.15) is 0 Å². The fourth-order valence-electron chi connectivity index (χ4n) is 6.28.